The van der Waals surface area contributed by atoms with Crippen LogP contribution in [0, 0.1) is 0 Å². The van der Waals surface area contributed by atoms with Crippen molar-refractivity contribution in [1.82, 2.24) is 0 Å². The molecule has 1 aromatic rings. The van der Waals surface area contributed by atoms with Crippen molar-refractivity contribution >= 4 is 12.0 Å². The van der Waals surface area contributed by atoms with E-state index in [1.807, 2.05) is 24.3 Å². The first-order chi connectivity index (χ1) is 8.61. The van der Waals surface area contributed by atoms with Crippen molar-refractivity contribution in [1.29, 1.82) is 0 Å². The molecular weight excluding hydrogens is 232 g/mol. The molecule has 1 atom stereocenters. The van der Waals surface area contributed by atoms with Gasteiger partial charge in [0.1, 0.15) is 12.4 Å². The van der Waals surface area contributed by atoms with Gasteiger partial charge in [-0.15, -0.1) is 0 Å². The van der Waals surface area contributed by atoms with Crippen molar-refractivity contribution in [3.63, 3.8) is 0 Å². The minimum Gasteiger partial charge on any atom is -0.465 e. The third-order valence-electron chi connectivity index (χ3n) is 2.16. The predicted molar refractivity (Wildman–Crippen MR) is 69.2 cm³/mol. The topological polar surface area (TPSA) is 44.8 Å². The number of hydrogen-bond donors (Lipinski definition) is 0. The van der Waals surface area contributed by atoms with E-state index in [4.69, 9.17) is 14.2 Å². The number of benzene rings is 1. The highest BCUT2D eigenvalue weighted by atomic mass is 16.7. The Morgan fingerprint density at radius 1 is 1.33 bits per heavy atom. The lowest BCUT2D eigenvalue weighted by atomic mass is 10.2. The van der Waals surface area contributed by atoms with E-state index in [9.17, 15) is 4.79 Å². The van der Waals surface area contributed by atoms with E-state index in [2.05, 4.69) is 6.58 Å². The molecule has 0 aliphatic rings. The Bertz CT molecular complexity index is 383. The van der Waals surface area contributed by atoms with E-state index >= 15 is 0 Å². The predicted octanol–water partition coefficient (Wildman–Crippen LogP) is 2.63. The minimum atomic E-state index is -0.393. The normalized spacial score (nSPS) is 11.7. The Kier molecular flexibility index (Phi) is 5.94. The van der Waals surface area contributed by atoms with Gasteiger partial charge in [0.15, 0.2) is 6.29 Å². The molecule has 0 heterocycles. The average molecular weight is 250 g/mol. The smallest absolute Gasteiger partial charge is 0.302 e. The van der Waals surface area contributed by atoms with Gasteiger partial charge in [-0.1, -0.05) is 24.8 Å². The van der Waals surface area contributed by atoms with Gasteiger partial charge in [-0.2, -0.15) is 0 Å². The van der Waals surface area contributed by atoms with Crippen LogP contribution in [0.5, 0.6) is 5.75 Å². The van der Waals surface area contributed by atoms with Crippen LogP contribution < -0.4 is 4.74 Å². The summed E-state index contributed by atoms with van der Waals surface area (Å²) in [5.74, 6) is 0.410. The first-order valence-corrected chi connectivity index (χ1v) is 5.76. The summed E-state index contributed by atoms with van der Waals surface area (Å²) in [6, 6.07) is 7.52. The quantitative estimate of drug-likeness (QED) is 0.424. The number of hydrogen-bond acceptors (Lipinski definition) is 4. The average Bonchev–Trinajstić information content (AvgIpc) is 2.35. The maximum Gasteiger partial charge on any atom is 0.302 e. The molecule has 0 aliphatic carbocycles. The molecular formula is C14H18O4. The molecule has 0 aliphatic heterocycles. The number of carbonyl (C=O) groups is 1. The second kappa shape index (κ2) is 7.50. The lowest BCUT2D eigenvalue weighted by molar-refractivity contribution is -0.145. The van der Waals surface area contributed by atoms with Crippen LogP contribution >= 0.6 is 0 Å². The Morgan fingerprint density at radius 3 is 2.56 bits per heavy atom. The zero-order valence-corrected chi connectivity index (χ0v) is 10.7. The SMILES string of the molecule is C=Cc1ccc(OC(C)OCCOC(C)=O)cc1. The Labute approximate surface area is 107 Å². The first-order valence-electron chi connectivity index (χ1n) is 5.76. The highest BCUT2D eigenvalue weighted by Crippen LogP contribution is 2.14. The molecule has 4 nitrogen and oxygen atoms in total. The molecule has 0 N–H and O–H groups in total. The van der Waals surface area contributed by atoms with Crippen molar-refractivity contribution in [3.8, 4) is 5.75 Å². The molecule has 98 valence electrons. The van der Waals surface area contributed by atoms with Crippen LogP contribution in [0.2, 0.25) is 0 Å². The van der Waals surface area contributed by atoms with Crippen molar-refractivity contribution in [2.45, 2.75) is 20.1 Å². The van der Waals surface area contributed by atoms with Crippen molar-refractivity contribution in [2.75, 3.05) is 13.2 Å². The van der Waals surface area contributed by atoms with Crippen LogP contribution in [0.15, 0.2) is 30.8 Å². The fourth-order valence-electron chi connectivity index (χ4n) is 1.31. The molecule has 1 unspecified atom stereocenters. The van der Waals surface area contributed by atoms with Crippen LogP contribution in [0.25, 0.3) is 6.08 Å². The molecule has 0 bridgehead atoms. The molecule has 0 aromatic heterocycles. The summed E-state index contributed by atoms with van der Waals surface area (Å²) in [4.78, 5) is 10.5. The van der Waals surface area contributed by atoms with E-state index < -0.39 is 6.29 Å². The van der Waals surface area contributed by atoms with Crippen molar-refractivity contribution < 1.29 is 19.0 Å². The zero-order valence-electron chi connectivity index (χ0n) is 10.7. The molecule has 1 rings (SSSR count). The summed E-state index contributed by atoms with van der Waals surface area (Å²) in [5, 5.41) is 0. The number of rotatable bonds is 7. The van der Waals surface area contributed by atoms with Crippen LogP contribution in [0.3, 0.4) is 0 Å². The number of ether oxygens (including phenoxy) is 3. The van der Waals surface area contributed by atoms with Crippen molar-refractivity contribution in [2.24, 2.45) is 0 Å². The Hall–Kier alpha value is -1.81. The van der Waals surface area contributed by atoms with Gasteiger partial charge in [-0.3, -0.25) is 4.79 Å². The molecule has 0 fully saturated rings. The van der Waals surface area contributed by atoms with Crippen LogP contribution in [-0.4, -0.2) is 25.5 Å². The summed E-state index contributed by atoms with van der Waals surface area (Å²) < 4.78 is 15.6. The molecule has 4 heteroatoms. The number of esters is 1. The van der Waals surface area contributed by atoms with Gasteiger partial charge in [0, 0.05) is 6.92 Å². The van der Waals surface area contributed by atoms with Crippen LogP contribution in [0.1, 0.15) is 19.4 Å². The fraction of sp³-hybridized carbons (Fsp3) is 0.357. The second-order valence-electron chi connectivity index (χ2n) is 3.67. The van der Waals surface area contributed by atoms with E-state index in [0.29, 0.717) is 6.61 Å². The summed E-state index contributed by atoms with van der Waals surface area (Å²) in [5.41, 5.74) is 1.03. The maximum absolute atomic E-state index is 10.5. The van der Waals surface area contributed by atoms with E-state index in [-0.39, 0.29) is 12.6 Å². The van der Waals surface area contributed by atoms with Gasteiger partial charge >= 0.3 is 5.97 Å². The van der Waals surface area contributed by atoms with Crippen LogP contribution in [0.4, 0.5) is 0 Å². The highest BCUT2D eigenvalue weighted by Gasteiger charge is 2.04. The third-order valence-corrected chi connectivity index (χ3v) is 2.16. The summed E-state index contributed by atoms with van der Waals surface area (Å²) >= 11 is 0. The van der Waals surface area contributed by atoms with Gasteiger partial charge in [-0.25, -0.2) is 0 Å². The molecule has 0 spiro atoms. The summed E-state index contributed by atoms with van der Waals surface area (Å²) in [7, 11) is 0. The van der Waals surface area contributed by atoms with E-state index in [1.165, 1.54) is 6.92 Å². The molecule has 0 radical (unpaired) electrons. The minimum absolute atomic E-state index is 0.235. The molecule has 0 amide bonds. The molecule has 0 saturated carbocycles. The lowest BCUT2D eigenvalue weighted by Gasteiger charge is -2.15. The van der Waals surface area contributed by atoms with E-state index in [0.717, 1.165) is 11.3 Å². The molecule has 18 heavy (non-hydrogen) atoms. The first kappa shape index (κ1) is 14.3. The summed E-state index contributed by atoms with van der Waals surface area (Å²) in [6.45, 7) is 7.37. The van der Waals surface area contributed by atoms with Gasteiger partial charge in [0.25, 0.3) is 0 Å². The van der Waals surface area contributed by atoms with Crippen LogP contribution in [-0.2, 0) is 14.3 Å². The lowest BCUT2D eigenvalue weighted by Crippen LogP contribution is -2.19. The van der Waals surface area contributed by atoms with Gasteiger partial charge in [-0.05, 0) is 24.6 Å². The van der Waals surface area contributed by atoms with E-state index in [1.54, 1.807) is 13.0 Å². The third kappa shape index (κ3) is 5.50. The fourth-order valence-corrected chi connectivity index (χ4v) is 1.31. The monoisotopic (exact) mass is 250 g/mol. The largest absolute Gasteiger partial charge is 0.465 e. The molecule has 0 saturated heterocycles. The van der Waals surface area contributed by atoms with Gasteiger partial charge in [0.05, 0.1) is 6.61 Å². The van der Waals surface area contributed by atoms with Gasteiger partial charge < -0.3 is 14.2 Å². The number of carbonyl (C=O) groups excluding carboxylic acids is 1. The Balaban J connectivity index is 2.28. The zero-order chi connectivity index (χ0) is 13.4. The van der Waals surface area contributed by atoms with Crippen molar-refractivity contribution in [3.05, 3.63) is 36.4 Å². The highest BCUT2D eigenvalue weighted by molar-refractivity contribution is 5.65. The van der Waals surface area contributed by atoms with Gasteiger partial charge in [0.2, 0.25) is 0 Å². The molecule has 1 aromatic carbocycles. The maximum atomic E-state index is 10.5. The summed E-state index contributed by atoms with van der Waals surface area (Å²) in [6.07, 6.45) is 1.37. The second-order valence-corrected chi connectivity index (χ2v) is 3.67. The standard InChI is InChI=1S/C14H18O4/c1-4-13-5-7-14(8-6-13)18-12(3)17-10-9-16-11(2)15/h4-8,12H,1,9-10H2,2-3H3. The Morgan fingerprint density at radius 2 is 2.00 bits per heavy atom.